The number of carbonyl (C=O) groups is 1. The number of thiocarbonyl (C=S) groups is 1. The smallest absolute Gasteiger partial charge is 0.343 e. The monoisotopic (exact) mass is 377 g/mol. The van der Waals surface area contributed by atoms with Crippen LogP contribution in [0.2, 0.25) is 0 Å². The number of aromatic nitrogens is 1. The second-order valence-electron chi connectivity index (χ2n) is 6.12. The van der Waals surface area contributed by atoms with Gasteiger partial charge in [-0.05, 0) is 19.9 Å². The van der Waals surface area contributed by atoms with Crippen molar-refractivity contribution in [2.75, 3.05) is 7.05 Å². The summed E-state index contributed by atoms with van der Waals surface area (Å²) in [6.07, 6.45) is 2.82. The Kier molecular flexibility index (Phi) is 4.72. The Morgan fingerprint density at radius 1 is 1.52 bits per heavy atom. The minimum absolute atomic E-state index is 0.494. The highest BCUT2D eigenvalue weighted by Gasteiger charge is 2.49. The molecule has 0 spiro atoms. The normalized spacial score (nSPS) is 19.8. The van der Waals surface area contributed by atoms with Crippen LogP contribution in [0.4, 0.5) is 4.79 Å². The van der Waals surface area contributed by atoms with Crippen LogP contribution in [0, 0.1) is 0 Å². The average Bonchev–Trinajstić information content (AvgIpc) is 3.09. The minimum Gasteiger partial charge on any atom is -0.361 e. The summed E-state index contributed by atoms with van der Waals surface area (Å²) in [6, 6.07) is 7.27. The maximum Gasteiger partial charge on any atom is 0.343 e. The number of para-hydroxylation sites is 1. The topological polar surface area (TPSA) is 84.0 Å². The van der Waals surface area contributed by atoms with Crippen molar-refractivity contribution in [3.63, 3.8) is 0 Å². The van der Waals surface area contributed by atoms with Gasteiger partial charge in [0.1, 0.15) is 0 Å². The van der Waals surface area contributed by atoms with Gasteiger partial charge in [0.2, 0.25) is 0 Å². The molecule has 1 aromatic carbocycles. The number of thioether (sulfide) groups is 1. The lowest BCUT2D eigenvalue weighted by atomic mass is 10.1. The molecular weight excluding hydrogens is 358 g/mol. The quantitative estimate of drug-likeness (QED) is 0.331. The molecule has 1 aliphatic heterocycles. The molecule has 1 aromatic heterocycles. The molecule has 132 valence electrons. The van der Waals surface area contributed by atoms with E-state index in [4.69, 9.17) is 12.2 Å². The number of fused-ring (bicyclic) bond motifs is 1. The van der Waals surface area contributed by atoms with E-state index in [1.807, 2.05) is 44.3 Å². The zero-order valence-corrected chi connectivity index (χ0v) is 15.7. The first kappa shape index (κ1) is 17.7. The van der Waals surface area contributed by atoms with Gasteiger partial charge in [-0.15, -0.1) is 0 Å². The molecule has 25 heavy (non-hydrogen) atoms. The van der Waals surface area contributed by atoms with Crippen molar-refractivity contribution < 1.29 is 10.0 Å². The Morgan fingerprint density at radius 2 is 2.24 bits per heavy atom. The van der Waals surface area contributed by atoms with E-state index >= 15 is 0 Å². The summed E-state index contributed by atoms with van der Waals surface area (Å²) in [5.74, 6) is 0. The maximum absolute atomic E-state index is 11.9. The van der Waals surface area contributed by atoms with Crippen molar-refractivity contribution in [1.29, 1.82) is 0 Å². The third-order valence-corrected chi connectivity index (χ3v) is 5.52. The van der Waals surface area contributed by atoms with E-state index in [1.54, 1.807) is 6.21 Å². The first-order valence-electron chi connectivity index (χ1n) is 7.67. The van der Waals surface area contributed by atoms with Crippen LogP contribution in [-0.4, -0.2) is 54.8 Å². The van der Waals surface area contributed by atoms with E-state index in [1.165, 1.54) is 23.8 Å². The molecular formula is C16H19N5O2S2. The van der Waals surface area contributed by atoms with Crippen LogP contribution >= 0.6 is 24.0 Å². The number of hydrogen-bond acceptors (Lipinski definition) is 5. The predicted molar refractivity (Wildman–Crippen MR) is 104 cm³/mol. The lowest BCUT2D eigenvalue weighted by Gasteiger charge is -2.33. The number of benzene rings is 1. The van der Waals surface area contributed by atoms with Crippen LogP contribution in [0.3, 0.4) is 0 Å². The Labute approximate surface area is 155 Å². The van der Waals surface area contributed by atoms with Crippen molar-refractivity contribution in [2.24, 2.45) is 5.10 Å². The van der Waals surface area contributed by atoms with Crippen molar-refractivity contribution in [3.8, 4) is 0 Å². The van der Waals surface area contributed by atoms with E-state index in [-0.39, 0.29) is 0 Å². The van der Waals surface area contributed by atoms with Crippen molar-refractivity contribution >= 4 is 51.4 Å². The number of nitrogens with one attached hydrogen (secondary N) is 2. The van der Waals surface area contributed by atoms with Crippen LogP contribution in [0.15, 0.2) is 35.6 Å². The second kappa shape index (κ2) is 6.66. The molecule has 0 saturated carbocycles. The molecule has 1 atom stereocenters. The summed E-state index contributed by atoms with van der Waals surface area (Å²) >= 11 is 6.79. The molecule has 2 amide bonds. The van der Waals surface area contributed by atoms with E-state index in [0.717, 1.165) is 16.5 Å². The van der Waals surface area contributed by atoms with Gasteiger partial charge >= 0.3 is 6.03 Å². The molecule has 1 fully saturated rings. The molecule has 0 aliphatic carbocycles. The molecule has 3 N–H and O–H groups in total. The highest BCUT2D eigenvalue weighted by Crippen LogP contribution is 2.42. The van der Waals surface area contributed by atoms with Crippen molar-refractivity contribution in [1.82, 2.24) is 20.4 Å². The van der Waals surface area contributed by atoms with Gasteiger partial charge in [-0.2, -0.15) is 10.2 Å². The molecule has 1 aliphatic rings. The van der Waals surface area contributed by atoms with Gasteiger partial charge in [0.25, 0.3) is 0 Å². The molecule has 0 bridgehead atoms. The largest absolute Gasteiger partial charge is 0.361 e. The predicted octanol–water partition coefficient (Wildman–Crippen LogP) is 2.97. The number of hydroxylamine groups is 2. The standard InChI is InChI=1S/C16H19N5O2S2/c1-16(2)13(21(23)14(22)17-3)20(15(24)25-16)19-9-10-8-18-12-7-5-4-6-11(10)12/h4-9,13,18,23H,1-3H3,(H,17,22)/b19-9-/t13-/m1/s1. The van der Waals surface area contributed by atoms with Crippen molar-refractivity contribution in [2.45, 2.75) is 24.8 Å². The third kappa shape index (κ3) is 3.22. The van der Waals surface area contributed by atoms with Crippen LogP contribution in [0.25, 0.3) is 10.9 Å². The van der Waals surface area contributed by atoms with Gasteiger partial charge in [-0.3, -0.25) is 5.21 Å². The molecule has 2 heterocycles. The highest BCUT2D eigenvalue weighted by molar-refractivity contribution is 8.24. The van der Waals surface area contributed by atoms with Crippen molar-refractivity contribution in [3.05, 3.63) is 36.0 Å². The summed E-state index contributed by atoms with van der Waals surface area (Å²) in [7, 11) is 1.46. The summed E-state index contributed by atoms with van der Waals surface area (Å²) in [6.45, 7) is 3.81. The Morgan fingerprint density at radius 3 is 2.96 bits per heavy atom. The average molecular weight is 377 g/mol. The number of hydrazone groups is 1. The Hall–Kier alpha value is -2.10. The molecule has 0 unspecified atom stereocenters. The lowest BCUT2D eigenvalue weighted by molar-refractivity contribution is -0.117. The van der Waals surface area contributed by atoms with Crippen LogP contribution in [-0.2, 0) is 0 Å². The number of H-pyrrole nitrogens is 1. The molecule has 0 radical (unpaired) electrons. The van der Waals surface area contributed by atoms with E-state index in [9.17, 15) is 10.0 Å². The number of rotatable bonds is 3. The Bertz CT molecular complexity index is 848. The number of amides is 2. The number of carbonyl (C=O) groups excluding carboxylic acids is 1. The Balaban J connectivity index is 1.93. The van der Waals surface area contributed by atoms with Crippen LogP contribution in [0.5, 0.6) is 0 Å². The van der Waals surface area contributed by atoms with E-state index < -0.39 is 16.9 Å². The first-order chi connectivity index (χ1) is 11.8. The number of urea groups is 1. The molecule has 7 nitrogen and oxygen atoms in total. The van der Waals surface area contributed by atoms with E-state index in [2.05, 4.69) is 15.4 Å². The van der Waals surface area contributed by atoms with Crippen LogP contribution in [0.1, 0.15) is 19.4 Å². The fraction of sp³-hybridized carbons (Fsp3) is 0.312. The summed E-state index contributed by atoms with van der Waals surface area (Å²) in [5, 5.41) is 20.3. The number of hydrogen-bond donors (Lipinski definition) is 3. The second-order valence-corrected chi connectivity index (χ2v) is 8.41. The first-order valence-corrected chi connectivity index (χ1v) is 8.90. The molecule has 3 rings (SSSR count). The fourth-order valence-electron chi connectivity index (χ4n) is 2.78. The highest BCUT2D eigenvalue weighted by atomic mass is 32.2. The van der Waals surface area contributed by atoms with Crippen LogP contribution < -0.4 is 5.32 Å². The third-order valence-electron chi connectivity index (χ3n) is 3.99. The molecule has 2 aromatic rings. The zero-order valence-electron chi connectivity index (χ0n) is 14.1. The maximum atomic E-state index is 11.9. The van der Waals surface area contributed by atoms with Gasteiger partial charge in [0.15, 0.2) is 10.5 Å². The minimum atomic E-state index is -0.716. The summed E-state index contributed by atoms with van der Waals surface area (Å²) in [5.41, 5.74) is 1.91. The molecule has 9 heteroatoms. The van der Waals surface area contributed by atoms with Gasteiger partial charge < -0.3 is 10.3 Å². The van der Waals surface area contributed by atoms with Gasteiger partial charge in [0, 0.05) is 29.7 Å². The lowest BCUT2D eigenvalue weighted by Crippen LogP contribution is -2.55. The SMILES string of the molecule is CNC(=O)N(O)[C@H]1N(/N=C\c2c[nH]c3ccccc23)C(=S)SC1(C)C. The zero-order chi connectivity index (χ0) is 18.2. The van der Waals surface area contributed by atoms with E-state index in [0.29, 0.717) is 9.38 Å². The van der Waals surface area contributed by atoms with Gasteiger partial charge in [0.05, 0.1) is 11.0 Å². The number of nitrogens with zero attached hydrogens (tertiary/aromatic N) is 3. The number of aromatic amines is 1. The van der Waals surface area contributed by atoms with Gasteiger partial charge in [-0.1, -0.05) is 42.2 Å². The fourth-order valence-corrected chi connectivity index (χ4v) is 4.57. The summed E-state index contributed by atoms with van der Waals surface area (Å²) in [4.78, 5) is 15.1. The summed E-state index contributed by atoms with van der Waals surface area (Å²) < 4.78 is -0.0235. The molecule has 1 saturated heterocycles. The van der Waals surface area contributed by atoms with Gasteiger partial charge in [-0.25, -0.2) is 9.80 Å².